The van der Waals surface area contributed by atoms with Crippen LogP contribution in [-0.4, -0.2) is 20.9 Å². The highest BCUT2D eigenvalue weighted by Crippen LogP contribution is 2.49. The number of benzene rings is 2. The molecule has 6 nitrogen and oxygen atoms in total. The lowest BCUT2D eigenvalue weighted by Crippen LogP contribution is -2.29. The molecule has 0 unspecified atom stereocenters. The molecule has 1 aromatic heterocycles. The van der Waals surface area contributed by atoms with E-state index in [0.717, 1.165) is 21.8 Å². The minimum Gasteiger partial charge on any atom is -0.477 e. The van der Waals surface area contributed by atoms with Crippen molar-refractivity contribution in [1.82, 2.24) is 4.68 Å². The molecule has 5 rings (SSSR count). The predicted molar refractivity (Wildman–Crippen MR) is 92.4 cm³/mol. The Morgan fingerprint density at radius 3 is 2.77 bits per heavy atom. The van der Waals surface area contributed by atoms with Gasteiger partial charge in [0.15, 0.2) is 16.8 Å². The molecule has 2 aliphatic heterocycles. The van der Waals surface area contributed by atoms with Crippen molar-refractivity contribution in [3.63, 3.8) is 0 Å². The number of halogens is 2. The number of pyridine rings is 1. The van der Waals surface area contributed by atoms with E-state index in [1.165, 1.54) is 16.7 Å². The lowest BCUT2D eigenvalue weighted by Gasteiger charge is -2.27. The SMILES string of the molecule is O=C(O)c1cn2c3c(c(F)c(F)cc3c1=O)N1C(=N2)Sc2ccccc21. The molecule has 0 saturated carbocycles. The van der Waals surface area contributed by atoms with Gasteiger partial charge >= 0.3 is 5.97 Å². The Hall–Kier alpha value is -3.20. The number of fused-ring (bicyclic) bond motifs is 4. The number of hydrogen-bond donors (Lipinski definition) is 1. The molecule has 9 heteroatoms. The van der Waals surface area contributed by atoms with Crippen molar-refractivity contribution in [2.24, 2.45) is 5.10 Å². The van der Waals surface area contributed by atoms with Gasteiger partial charge in [0, 0.05) is 11.1 Å². The minimum atomic E-state index is -1.46. The second kappa shape index (κ2) is 4.92. The highest BCUT2D eigenvalue weighted by Gasteiger charge is 2.37. The van der Waals surface area contributed by atoms with Gasteiger partial charge in [0.2, 0.25) is 5.43 Å². The van der Waals surface area contributed by atoms with Crippen molar-refractivity contribution < 1.29 is 18.7 Å². The van der Waals surface area contributed by atoms with Gasteiger partial charge in [-0.2, -0.15) is 0 Å². The third-order valence-electron chi connectivity index (χ3n) is 4.28. The molecular weight excluding hydrogens is 364 g/mol. The standard InChI is InChI=1S/C17H7F2N3O3S/c18-9-5-7-13-14(12(9)19)22-10-3-1-2-4-11(10)26-17(22)20-21(13)6-8(15(7)23)16(24)25/h1-6H,(H,24,25). The second-order valence-electron chi connectivity index (χ2n) is 5.73. The highest BCUT2D eigenvalue weighted by atomic mass is 32.2. The maximum absolute atomic E-state index is 14.8. The summed E-state index contributed by atoms with van der Waals surface area (Å²) < 4.78 is 30.1. The largest absolute Gasteiger partial charge is 0.477 e. The lowest BCUT2D eigenvalue weighted by molar-refractivity contribution is 0.0695. The summed E-state index contributed by atoms with van der Waals surface area (Å²) >= 11 is 1.24. The van der Waals surface area contributed by atoms with E-state index in [4.69, 9.17) is 0 Å². The maximum Gasteiger partial charge on any atom is 0.341 e. The average molecular weight is 371 g/mol. The zero-order valence-corrected chi connectivity index (χ0v) is 13.6. The highest BCUT2D eigenvalue weighted by molar-refractivity contribution is 8.14. The molecule has 2 aromatic carbocycles. The normalized spacial score (nSPS) is 14.2. The third-order valence-corrected chi connectivity index (χ3v) is 5.30. The molecule has 0 radical (unpaired) electrons. The van der Waals surface area contributed by atoms with Crippen LogP contribution in [0.15, 0.2) is 51.3 Å². The van der Waals surface area contributed by atoms with Gasteiger partial charge in [-0.25, -0.2) is 18.3 Å². The fourth-order valence-corrected chi connectivity index (χ4v) is 4.20. The Balaban J connectivity index is 1.97. The number of anilines is 2. The van der Waals surface area contributed by atoms with Gasteiger partial charge in [-0.1, -0.05) is 12.1 Å². The number of aromatic nitrogens is 1. The summed E-state index contributed by atoms with van der Waals surface area (Å²) in [4.78, 5) is 26.0. The van der Waals surface area contributed by atoms with Gasteiger partial charge in [0.05, 0.1) is 11.1 Å². The quantitative estimate of drug-likeness (QED) is 0.710. The molecule has 0 bridgehead atoms. The molecule has 0 spiro atoms. The number of carboxylic acid groups (broad SMARTS) is 1. The summed E-state index contributed by atoms with van der Waals surface area (Å²) in [5.74, 6) is -3.82. The van der Waals surface area contributed by atoms with E-state index in [9.17, 15) is 23.5 Å². The number of amidine groups is 1. The monoisotopic (exact) mass is 371 g/mol. The number of aromatic carboxylic acids is 1. The Morgan fingerprint density at radius 2 is 2.00 bits per heavy atom. The molecule has 0 aliphatic carbocycles. The topological polar surface area (TPSA) is 74.9 Å². The van der Waals surface area contributed by atoms with E-state index >= 15 is 0 Å². The first-order valence-corrected chi connectivity index (χ1v) is 8.25. The van der Waals surface area contributed by atoms with E-state index in [1.807, 2.05) is 6.07 Å². The van der Waals surface area contributed by atoms with Gasteiger partial charge in [-0.05, 0) is 30.0 Å². The molecule has 1 N–H and O–H groups in total. The number of rotatable bonds is 1. The van der Waals surface area contributed by atoms with Crippen LogP contribution in [0.1, 0.15) is 10.4 Å². The number of para-hydroxylation sites is 1. The second-order valence-corrected chi connectivity index (χ2v) is 6.74. The predicted octanol–water partition coefficient (Wildman–Crippen LogP) is 3.35. The summed E-state index contributed by atoms with van der Waals surface area (Å²) in [6.45, 7) is 0. The van der Waals surface area contributed by atoms with Crippen LogP contribution in [0.2, 0.25) is 0 Å². The van der Waals surface area contributed by atoms with Crippen LogP contribution >= 0.6 is 11.8 Å². The first-order valence-electron chi connectivity index (χ1n) is 7.44. The zero-order valence-electron chi connectivity index (χ0n) is 12.7. The van der Waals surface area contributed by atoms with Crippen LogP contribution in [0.4, 0.5) is 20.2 Å². The first kappa shape index (κ1) is 15.1. The van der Waals surface area contributed by atoms with E-state index < -0.39 is 28.6 Å². The Morgan fingerprint density at radius 1 is 1.23 bits per heavy atom. The van der Waals surface area contributed by atoms with Gasteiger partial charge < -0.3 is 5.11 Å². The molecule has 128 valence electrons. The summed E-state index contributed by atoms with van der Waals surface area (Å²) in [6, 6.07) is 7.83. The van der Waals surface area contributed by atoms with E-state index in [1.54, 1.807) is 18.2 Å². The van der Waals surface area contributed by atoms with Crippen molar-refractivity contribution in [3.8, 4) is 0 Å². The fourth-order valence-electron chi connectivity index (χ4n) is 3.18. The third kappa shape index (κ3) is 1.77. The molecule has 0 fully saturated rings. The zero-order chi connectivity index (χ0) is 18.2. The van der Waals surface area contributed by atoms with Crippen molar-refractivity contribution in [2.45, 2.75) is 4.90 Å². The van der Waals surface area contributed by atoms with Crippen LogP contribution in [0.25, 0.3) is 10.9 Å². The molecule has 2 aliphatic rings. The molecule has 3 aromatic rings. The van der Waals surface area contributed by atoms with Gasteiger partial charge in [0.25, 0.3) is 0 Å². The summed E-state index contributed by atoms with van der Waals surface area (Å²) in [5.41, 5.74) is -0.963. The van der Waals surface area contributed by atoms with E-state index in [2.05, 4.69) is 5.10 Å². The Bertz CT molecular complexity index is 1250. The van der Waals surface area contributed by atoms with Crippen LogP contribution in [0, 0.1) is 11.6 Å². The number of carboxylic acids is 1. The van der Waals surface area contributed by atoms with E-state index in [-0.39, 0.29) is 16.6 Å². The number of hydrogen-bond acceptors (Lipinski definition) is 5. The van der Waals surface area contributed by atoms with Crippen molar-refractivity contribution >= 4 is 45.2 Å². The average Bonchev–Trinajstić information content (AvgIpc) is 2.98. The molecule has 0 atom stereocenters. The number of thioether (sulfide) groups is 1. The number of nitrogens with zero attached hydrogens (tertiary/aromatic N) is 3. The molecule has 26 heavy (non-hydrogen) atoms. The van der Waals surface area contributed by atoms with Crippen molar-refractivity contribution in [2.75, 3.05) is 4.90 Å². The summed E-state index contributed by atoms with van der Waals surface area (Å²) in [6.07, 6.45) is 1.03. The van der Waals surface area contributed by atoms with Gasteiger partial charge in [-0.15, -0.1) is 5.10 Å². The Kier molecular flexibility index (Phi) is 2.85. The lowest BCUT2D eigenvalue weighted by atomic mass is 10.1. The van der Waals surface area contributed by atoms with Crippen LogP contribution in [-0.2, 0) is 0 Å². The van der Waals surface area contributed by atoms with Crippen LogP contribution < -0.4 is 10.3 Å². The molecule has 0 saturated heterocycles. The van der Waals surface area contributed by atoms with Crippen molar-refractivity contribution in [3.05, 3.63) is 63.9 Å². The van der Waals surface area contributed by atoms with Gasteiger partial charge in [-0.3, -0.25) is 9.69 Å². The fraction of sp³-hybridized carbons (Fsp3) is 0. The summed E-state index contributed by atoms with van der Waals surface area (Å²) in [7, 11) is 0. The first-order chi connectivity index (χ1) is 12.5. The van der Waals surface area contributed by atoms with Crippen molar-refractivity contribution in [1.29, 1.82) is 0 Å². The minimum absolute atomic E-state index is 0.0277. The molecule has 0 amide bonds. The maximum atomic E-state index is 14.8. The molecule has 3 heterocycles. The smallest absolute Gasteiger partial charge is 0.341 e. The van der Waals surface area contributed by atoms with E-state index in [0.29, 0.717) is 10.9 Å². The summed E-state index contributed by atoms with van der Waals surface area (Å²) in [5, 5.41) is 13.7. The van der Waals surface area contributed by atoms with Gasteiger partial charge in [0.1, 0.15) is 16.8 Å². The number of carbonyl (C=O) groups is 1. The van der Waals surface area contributed by atoms with Crippen LogP contribution in [0.5, 0.6) is 0 Å². The van der Waals surface area contributed by atoms with Crippen LogP contribution in [0.3, 0.4) is 0 Å². The Labute approximate surface area is 148 Å². The molecular formula is C17H7F2N3O3S.